The van der Waals surface area contributed by atoms with Crippen molar-refractivity contribution in [2.75, 3.05) is 0 Å². The maximum Gasteiger partial charge on any atom is 1.00 e. The van der Waals surface area contributed by atoms with Crippen molar-refractivity contribution < 1.29 is 47.6 Å². The van der Waals surface area contributed by atoms with Gasteiger partial charge in [0.05, 0.1) is 16.2 Å². The van der Waals surface area contributed by atoms with Gasteiger partial charge in [-0.3, -0.25) is 0 Å². The van der Waals surface area contributed by atoms with Crippen LogP contribution in [0.5, 0.6) is 0 Å². The summed E-state index contributed by atoms with van der Waals surface area (Å²) in [6.07, 6.45) is 17.7. The summed E-state index contributed by atoms with van der Waals surface area (Å²) in [5, 5.41) is 9.29. The van der Waals surface area contributed by atoms with Crippen molar-refractivity contribution in [1.29, 1.82) is 0 Å². The van der Waals surface area contributed by atoms with Crippen molar-refractivity contribution in [3.8, 4) is 0 Å². The summed E-state index contributed by atoms with van der Waals surface area (Å²) in [6, 6.07) is 0. The predicted molar refractivity (Wildman–Crippen MR) is 114 cm³/mol. The number of hydrogen-bond acceptors (Lipinski definition) is 4. The van der Waals surface area contributed by atoms with Gasteiger partial charge in [-0.05, 0) is 25.7 Å². The largest absolute Gasteiger partial charge is 1.00 e. The van der Waals surface area contributed by atoms with Crippen LogP contribution >= 0.6 is 0 Å². The van der Waals surface area contributed by atoms with Crippen molar-refractivity contribution in [3.05, 3.63) is 0 Å². The predicted octanol–water partition coefficient (Wildman–Crippen LogP) is 3.33. The molecule has 0 rings (SSSR count). The summed E-state index contributed by atoms with van der Waals surface area (Å²) in [4.78, 5) is 0. The Kier molecular flexibility index (Phi) is 23.4. The zero-order valence-electron chi connectivity index (χ0n) is 19.0. The Morgan fingerprint density at radius 3 is 1.46 bits per heavy atom. The van der Waals surface area contributed by atoms with E-state index in [0.717, 1.165) is 38.5 Å². The zero-order chi connectivity index (χ0) is 20.4. The minimum Gasteiger partial charge on any atom is -0.748 e. The smallest absolute Gasteiger partial charge is 0.748 e. The van der Waals surface area contributed by atoms with Crippen LogP contribution in [-0.4, -0.2) is 29.4 Å². The minimum absolute atomic E-state index is 0. The minimum atomic E-state index is -4.26. The Balaban J connectivity index is 0. The molecule has 0 bridgehead atoms. The van der Waals surface area contributed by atoms with Gasteiger partial charge in [0.25, 0.3) is 0 Å². The van der Waals surface area contributed by atoms with Crippen LogP contribution in [0.4, 0.5) is 0 Å². The van der Waals surface area contributed by atoms with E-state index in [1.165, 1.54) is 57.8 Å². The molecule has 0 saturated heterocycles. The second-order valence-corrected chi connectivity index (χ2v) is 9.82. The average Bonchev–Trinajstić information content (AvgIpc) is 2.61. The van der Waals surface area contributed by atoms with Gasteiger partial charge in [0.15, 0.2) is 0 Å². The first-order chi connectivity index (χ1) is 12.9. The average molecular weight is 429 g/mol. The third-order valence-electron chi connectivity index (χ3n) is 5.50. The van der Waals surface area contributed by atoms with Crippen LogP contribution in [0.3, 0.4) is 0 Å². The van der Waals surface area contributed by atoms with E-state index >= 15 is 0 Å². The number of rotatable bonds is 20. The third-order valence-corrected chi connectivity index (χ3v) is 6.79. The molecule has 0 aromatic heterocycles. The molecule has 164 valence electrons. The molecule has 0 radical (unpaired) electrons. The van der Waals surface area contributed by atoms with Crippen LogP contribution in [0.25, 0.3) is 0 Å². The molecule has 2 atom stereocenters. The van der Waals surface area contributed by atoms with Gasteiger partial charge in [0, 0.05) is 5.25 Å². The van der Waals surface area contributed by atoms with E-state index in [1.807, 2.05) is 0 Å². The maximum atomic E-state index is 11.5. The van der Waals surface area contributed by atoms with Gasteiger partial charge in [-0.2, -0.15) is 0 Å². The molecular weight excluding hydrogens is 383 g/mol. The molecule has 0 saturated carbocycles. The van der Waals surface area contributed by atoms with Gasteiger partial charge in [0.2, 0.25) is 0 Å². The molecule has 0 heterocycles. The fourth-order valence-electron chi connectivity index (χ4n) is 3.62. The molecule has 0 amide bonds. The Hall–Kier alpha value is 0.870. The monoisotopic (exact) mass is 428 g/mol. The van der Waals surface area contributed by atoms with Crippen molar-refractivity contribution in [2.24, 2.45) is 0 Å². The van der Waals surface area contributed by atoms with Gasteiger partial charge in [-0.25, -0.2) is 8.42 Å². The van der Waals surface area contributed by atoms with Gasteiger partial charge in [-0.15, -0.1) is 0 Å². The van der Waals surface area contributed by atoms with E-state index in [1.54, 1.807) is 0 Å². The van der Waals surface area contributed by atoms with E-state index in [-0.39, 0.29) is 29.6 Å². The normalized spacial score (nSPS) is 13.9. The fraction of sp³-hybridized carbons (Fsp3) is 1.00. The SMILES string of the molecule is CCCCCCCCCCC(O)CCC(CCCCCCCC)S(=O)(=O)[O-].[Na+]. The van der Waals surface area contributed by atoms with E-state index in [9.17, 15) is 18.1 Å². The molecule has 2 unspecified atom stereocenters. The molecular formula is C22H45NaO4S. The van der Waals surface area contributed by atoms with Crippen LogP contribution in [0.1, 0.15) is 129 Å². The van der Waals surface area contributed by atoms with Gasteiger partial charge < -0.3 is 9.66 Å². The Labute approximate surface area is 197 Å². The first-order valence-corrected chi connectivity index (χ1v) is 13.0. The fourth-order valence-corrected chi connectivity index (χ4v) is 4.50. The molecule has 4 nitrogen and oxygen atoms in total. The van der Waals surface area contributed by atoms with Crippen molar-refractivity contribution in [2.45, 2.75) is 141 Å². The van der Waals surface area contributed by atoms with Gasteiger partial charge in [-0.1, -0.05) is 104 Å². The molecule has 0 spiro atoms. The Bertz CT molecular complexity index is 415. The van der Waals surface area contributed by atoms with Crippen LogP contribution in [0, 0.1) is 0 Å². The van der Waals surface area contributed by atoms with Crippen LogP contribution < -0.4 is 29.6 Å². The van der Waals surface area contributed by atoms with Crippen molar-refractivity contribution in [3.63, 3.8) is 0 Å². The topological polar surface area (TPSA) is 77.4 Å². The summed E-state index contributed by atoms with van der Waals surface area (Å²) < 4.78 is 34.4. The summed E-state index contributed by atoms with van der Waals surface area (Å²) in [7, 11) is -4.26. The maximum absolute atomic E-state index is 11.5. The molecule has 0 aromatic carbocycles. The number of unbranched alkanes of at least 4 members (excludes halogenated alkanes) is 12. The first kappa shape index (κ1) is 31.1. The summed E-state index contributed by atoms with van der Waals surface area (Å²) >= 11 is 0. The van der Waals surface area contributed by atoms with Crippen LogP contribution in [0.15, 0.2) is 0 Å². The van der Waals surface area contributed by atoms with Crippen LogP contribution in [-0.2, 0) is 10.1 Å². The molecule has 1 N–H and O–H groups in total. The van der Waals surface area contributed by atoms with E-state index < -0.39 is 21.5 Å². The van der Waals surface area contributed by atoms with Crippen molar-refractivity contribution in [1.82, 2.24) is 0 Å². The molecule has 6 heteroatoms. The van der Waals surface area contributed by atoms with Gasteiger partial charge >= 0.3 is 29.6 Å². The molecule has 0 aromatic rings. The van der Waals surface area contributed by atoms with Crippen LogP contribution in [0.2, 0.25) is 0 Å². The molecule has 0 fully saturated rings. The molecule has 0 aliphatic rings. The second-order valence-electron chi connectivity index (χ2n) is 8.17. The summed E-state index contributed by atoms with van der Waals surface area (Å²) in [5.74, 6) is 0. The molecule has 28 heavy (non-hydrogen) atoms. The Morgan fingerprint density at radius 2 is 1.04 bits per heavy atom. The Morgan fingerprint density at radius 1 is 0.643 bits per heavy atom. The molecule has 0 aliphatic carbocycles. The third kappa shape index (κ3) is 20.2. The molecule has 0 aliphatic heterocycles. The second kappa shape index (κ2) is 21.1. The zero-order valence-corrected chi connectivity index (χ0v) is 21.8. The quantitative estimate of drug-likeness (QED) is 0.183. The number of aliphatic hydroxyl groups is 1. The summed E-state index contributed by atoms with van der Waals surface area (Å²) in [6.45, 7) is 4.39. The first-order valence-electron chi connectivity index (χ1n) is 11.5. The van der Waals surface area contributed by atoms with Crippen molar-refractivity contribution >= 4 is 10.1 Å². The standard InChI is InChI=1S/C22H46O4S.Na/c1-3-5-7-9-11-12-13-15-17-21(23)19-20-22(27(24,25)26)18-16-14-10-8-6-4-2;/h21-23H,3-20H2,1-2H3,(H,24,25,26);/q;+1/p-1. The van der Waals surface area contributed by atoms with E-state index in [0.29, 0.717) is 19.3 Å². The summed E-state index contributed by atoms with van der Waals surface area (Å²) in [5.41, 5.74) is 0. The number of hydrogen-bond donors (Lipinski definition) is 1. The van der Waals surface area contributed by atoms with Gasteiger partial charge in [0.1, 0.15) is 0 Å². The van der Waals surface area contributed by atoms with E-state index in [4.69, 9.17) is 0 Å². The number of aliphatic hydroxyl groups excluding tert-OH is 1. The van der Waals surface area contributed by atoms with E-state index in [2.05, 4.69) is 13.8 Å².